The van der Waals surface area contributed by atoms with Crippen molar-refractivity contribution < 1.29 is 19.4 Å². The average Bonchev–Trinajstić information content (AvgIpc) is 2.93. The van der Waals surface area contributed by atoms with Gasteiger partial charge < -0.3 is 9.84 Å². The number of esters is 1. The number of hydrogen-bond acceptors (Lipinski definition) is 3. The summed E-state index contributed by atoms with van der Waals surface area (Å²) in [6, 6.07) is 0. The fourth-order valence-corrected chi connectivity index (χ4v) is 4.34. The number of carboxylic acids is 1. The fraction of sp³-hybridized carbons (Fsp3) is 0.667. The van der Waals surface area contributed by atoms with Crippen LogP contribution in [0.2, 0.25) is 0 Å². The summed E-state index contributed by atoms with van der Waals surface area (Å²) in [7, 11) is 0. The monoisotopic (exact) mass is 556 g/mol. The summed E-state index contributed by atoms with van der Waals surface area (Å²) in [5.41, 5.74) is 0. The van der Waals surface area contributed by atoms with Gasteiger partial charge in [-0.2, -0.15) is 0 Å². The molecule has 40 heavy (non-hydrogen) atoms. The molecule has 0 rings (SSSR count). The second kappa shape index (κ2) is 31.2. The van der Waals surface area contributed by atoms with Crippen LogP contribution in [-0.2, 0) is 14.3 Å². The Balaban J connectivity index is 4.29. The van der Waals surface area contributed by atoms with E-state index in [-0.39, 0.29) is 18.5 Å². The lowest BCUT2D eigenvalue weighted by Gasteiger charge is -2.14. The molecule has 1 unspecified atom stereocenters. The van der Waals surface area contributed by atoms with Gasteiger partial charge in [-0.25, -0.2) is 0 Å². The molecule has 0 aliphatic rings. The van der Waals surface area contributed by atoms with Gasteiger partial charge in [-0.1, -0.05) is 126 Å². The zero-order chi connectivity index (χ0) is 29.4. The van der Waals surface area contributed by atoms with E-state index in [4.69, 9.17) is 9.84 Å². The lowest BCUT2D eigenvalue weighted by Crippen LogP contribution is -2.16. The standard InChI is InChI=1S/C36H60O4/c1-3-5-7-9-11-13-14-15-16-17-19-25-29-33-36(39)40-34(30-26-22-18-12-10-8-6-4-2)31-27-23-20-21-24-28-32-35(37)38/h5,7,11,13,15-16,19,25-26,30,34H,3-4,6,8-10,12,14,17-18,20-24,27-29,31-33H2,1-2H3,(H,37,38)/b7-5-,13-11-,16-15-,25-19-,30-26-. The minimum absolute atomic E-state index is 0.120. The van der Waals surface area contributed by atoms with Crippen LogP contribution in [0.15, 0.2) is 60.8 Å². The molecule has 0 bridgehead atoms. The van der Waals surface area contributed by atoms with E-state index in [2.05, 4.69) is 74.6 Å². The Labute approximate surface area is 246 Å². The highest BCUT2D eigenvalue weighted by molar-refractivity contribution is 5.69. The Kier molecular flexibility index (Phi) is 29.3. The van der Waals surface area contributed by atoms with Crippen LogP contribution >= 0.6 is 0 Å². The van der Waals surface area contributed by atoms with Gasteiger partial charge in [0.05, 0.1) is 0 Å². The Morgan fingerprint density at radius 3 is 1.77 bits per heavy atom. The van der Waals surface area contributed by atoms with Crippen molar-refractivity contribution in [3.8, 4) is 0 Å². The molecule has 4 nitrogen and oxygen atoms in total. The smallest absolute Gasteiger partial charge is 0.306 e. The highest BCUT2D eigenvalue weighted by Crippen LogP contribution is 2.14. The molecule has 0 heterocycles. The Morgan fingerprint density at radius 2 is 1.15 bits per heavy atom. The van der Waals surface area contributed by atoms with Gasteiger partial charge in [0.2, 0.25) is 0 Å². The second-order valence-corrected chi connectivity index (χ2v) is 10.6. The number of unbranched alkanes of at least 4 members (excludes halogenated alkanes) is 11. The molecule has 1 N–H and O–H groups in total. The first-order valence-corrected chi connectivity index (χ1v) is 16.3. The maximum Gasteiger partial charge on any atom is 0.306 e. The van der Waals surface area contributed by atoms with E-state index < -0.39 is 5.97 Å². The molecule has 0 amide bonds. The van der Waals surface area contributed by atoms with Crippen molar-refractivity contribution in [1.82, 2.24) is 0 Å². The summed E-state index contributed by atoms with van der Waals surface area (Å²) in [4.78, 5) is 23.1. The normalized spacial score (nSPS) is 13.1. The average molecular weight is 557 g/mol. The van der Waals surface area contributed by atoms with Crippen molar-refractivity contribution in [2.24, 2.45) is 0 Å². The molecule has 0 aliphatic heterocycles. The first-order valence-electron chi connectivity index (χ1n) is 16.3. The first kappa shape index (κ1) is 37.6. The molecule has 0 fully saturated rings. The fourth-order valence-electron chi connectivity index (χ4n) is 4.34. The number of carbonyl (C=O) groups excluding carboxylic acids is 1. The molecule has 0 radical (unpaired) electrons. The number of carboxylic acid groups (broad SMARTS) is 1. The van der Waals surface area contributed by atoms with E-state index in [1.165, 1.54) is 38.5 Å². The molecule has 0 aromatic heterocycles. The molecule has 0 spiro atoms. The van der Waals surface area contributed by atoms with Gasteiger partial charge in [-0.3, -0.25) is 9.59 Å². The van der Waals surface area contributed by atoms with E-state index >= 15 is 0 Å². The van der Waals surface area contributed by atoms with Crippen LogP contribution in [0.1, 0.15) is 149 Å². The SMILES string of the molecule is CC/C=C\C/C=C\C/C=C\C/C=C\CCC(=O)OC(/C=C\CCCCCCCC)CCCCCCCCC(=O)O. The molecule has 0 aliphatic carbocycles. The van der Waals surface area contributed by atoms with Crippen LogP contribution in [0.3, 0.4) is 0 Å². The lowest BCUT2D eigenvalue weighted by molar-refractivity contribution is -0.147. The van der Waals surface area contributed by atoms with Crippen LogP contribution in [0, 0.1) is 0 Å². The highest BCUT2D eigenvalue weighted by atomic mass is 16.5. The van der Waals surface area contributed by atoms with Gasteiger partial charge >= 0.3 is 11.9 Å². The van der Waals surface area contributed by atoms with Crippen molar-refractivity contribution in [3.05, 3.63) is 60.8 Å². The molecule has 0 aromatic rings. The molecule has 0 saturated heterocycles. The van der Waals surface area contributed by atoms with Crippen molar-refractivity contribution in [2.75, 3.05) is 0 Å². The zero-order valence-electron chi connectivity index (χ0n) is 25.9. The number of hydrogen-bond donors (Lipinski definition) is 1. The van der Waals surface area contributed by atoms with Gasteiger partial charge in [0.15, 0.2) is 0 Å². The summed E-state index contributed by atoms with van der Waals surface area (Å²) in [5.74, 6) is -0.829. The quantitative estimate of drug-likeness (QED) is 0.0591. The molecular weight excluding hydrogens is 496 g/mol. The minimum atomic E-state index is -0.709. The van der Waals surface area contributed by atoms with Crippen LogP contribution in [0.25, 0.3) is 0 Å². The van der Waals surface area contributed by atoms with E-state index in [0.717, 1.165) is 77.0 Å². The molecule has 0 aromatic carbocycles. The predicted octanol–water partition coefficient (Wildman–Crippen LogP) is 11.0. The molecule has 0 saturated carbocycles. The maximum atomic E-state index is 12.5. The van der Waals surface area contributed by atoms with Crippen molar-refractivity contribution in [2.45, 2.75) is 155 Å². The Morgan fingerprint density at radius 1 is 0.600 bits per heavy atom. The van der Waals surface area contributed by atoms with E-state index in [9.17, 15) is 9.59 Å². The first-order chi connectivity index (χ1) is 19.6. The number of ether oxygens (including phenoxy) is 1. The third-order valence-electron chi connectivity index (χ3n) is 6.72. The minimum Gasteiger partial charge on any atom is -0.481 e. The van der Waals surface area contributed by atoms with Crippen LogP contribution in [-0.4, -0.2) is 23.1 Å². The summed E-state index contributed by atoms with van der Waals surface area (Å²) in [6.07, 6.45) is 42.4. The Bertz CT molecular complexity index is 729. The largest absolute Gasteiger partial charge is 0.481 e. The summed E-state index contributed by atoms with van der Waals surface area (Å²) in [5, 5.41) is 8.74. The van der Waals surface area contributed by atoms with E-state index in [1.807, 2.05) is 0 Å². The molecule has 228 valence electrons. The number of allylic oxidation sites excluding steroid dienone is 9. The maximum absolute atomic E-state index is 12.5. The third-order valence-corrected chi connectivity index (χ3v) is 6.72. The van der Waals surface area contributed by atoms with Gasteiger partial charge in [0.25, 0.3) is 0 Å². The summed E-state index contributed by atoms with van der Waals surface area (Å²) < 4.78 is 5.84. The van der Waals surface area contributed by atoms with Gasteiger partial charge in [0, 0.05) is 12.8 Å². The predicted molar refractivity (Wildman–Crippen MR) is 172 cm³/mol. The van der Waals surface area contributed by atoms with E-state index in [1.54, 1.807) is 0 Å². The summed E-state index contributed by atoms with van der Waals surface area (Å²) >= 11 is 0. The topological polar surface area (TPSA) is 63.6 Å². The number of aliphatic carboxylic acids is 1. The van der Waals surface area contributed by atoms with Crippen LogP contribution < -0.4 is 0 Å². The van der Waals surface area contributed by atoms with Crippen LogP contribution in [0.4, 0.5) is 0 Å². The highest BCUT2D eigenvalue weighted by Gasteiger charge is 2.11. The Hall–Kier alpha value is -2.36. The zero-order valence-corrected chi connectivity index (χ0v) is 25.9. The molecule has 1 atom stereocenters. The van der Waals surface area contributed by atoms with Crippen LogP contribution in [0.5, 0.6) is 0 Å². The second-order valence-electron chi connectivity index (χ2n) is 10.6. The number of carbonyl (C=O) groups is 2. The number of rotatable bonds is 28. The lowest BCUT2D eigenvalue weighted by atomic mass is 10.0. The van der Waals surface area contributed by atoms with Gasteiger partial charge in [-0.15, -0.1) is 0 Å². The van der Waals surface area contributed by atoms with Crippen molar-refractivity contribution >= 4 is 11.9 Å². The van der Waals surface area contributed by atoms with Crippen molar-refractivity contribution in [1.29, 1.82) is 0 Å². The van der Waals surface area contributed by atoms with Crippen molar-refractivity contribution in [3.63, 3.8) is 0 Å². The van der Waals surface area contributed by atoms with Gasteiger partial charge in [-0.05, 0) is 70.3 Å². The summed E-state index contributed by atoms with van der Waals surface area (Å²) in [6.45, 7) is 4.39. The third kappa shape index (κ3) is 30.2. The molecular formula is C36H60O4. The van der Waals surface area contributed by atoms with E-state index in [0.29, 0.717) is 12.8 Å². The van der Waals surface area contributed by atoms with Gasteiger partial charge in [0.1, 0.15) is 6.10 Å². The molecule has 4 heteroatoms.